The maximum Gasteiger partial charge on any atom is 0.416 e. The van der Waals surface area contributed by atoms with Crippen LogP contribution in [0.15, 0.2) is 48.5 Å². The maximum absolute atomic E-state index is 12.6. The molecule has 0 aliphatic heterocycles. The summed E-state index contributed by atoms with van der Waals surface area (Å²) >= 11 is 0. The van der Waals surface area contributed by atoms with E-state index >= 15 is 0 Å². The molecule has 0 bridgehead atoms. The van der Waals surface area contributed by atoms with Gasteiger partial charge in [0.2, 0.25) is 0 Å². The van der Waals surface area contributed by atoms with Gasteiger partial charge in [0, 0.05) is 6.54 Å². The molecule has 148 valence electrons. The second-order valence-corrected chi connectivity index (χ2v) is 6.19. The standard InChI is InChI=1S/C22H23F3N2O/c1-3-27(4-2)13-14-28-21-11-7-18(8-12-21)19(16-26)15-17-5-9-20(10-6-17)22(23,24)25/h5-12,15H,3-4,13-14H2,1-2H3/b19-15-. The third-order valence-corrected chi connectivity index (χ3v) is 4.41. The van der Waals surface area contributed by atoms with E-state index < -0.39 is 11.7 Å². The van der Waals surface area contributed by atoms with Gasteiger partial charge in [0.25, 0.3) is 0 Å². The first-order valence-electron chi connectivity index (χ1n) is 9.12. The molecule has 2 aromatic rings. The number of allylic oxidation sites excluding steroid dienone is 1. The average molecular weight is 388 g/mol. The van der Waals surface area contributed by atoms with Gasteiger partial charge in [0.1, 0.15) is 12.4 Å². The van der Waals surface area contributed by atoms with E-state index in [-0.39, 0.29) is 0 Å². The Kier molecular flexibility index (Phi) is 7.65. The van der Waals surface area contributed by atoms with E-state index in [1.54, 1.807) is 30.3 Å². The van der Waals surface area contributed by atoms with Gasteiger partial charge in [-0.1, -0.05) is 26.0 Å². The molecule has 6 heteroatoms. The molecule has 3 nitrogen and oxygen atoms in total. The van der Waals surface area contributed by atoms with E-state index in [1.165, 1.54) is 12.1 Å². The van der Waals surface area contributed by atoms with E-state index in [0.29, 0.717) is 29.1 Å². The zero-order valence-electron chi connectivity index (χ0n) is 16.0. The van der Waals surface area contributed by atoms with Crippen molar-refractivity contribution in [3.05, 3.63) is 65.2 Å². The summed E-state index contributed by atoms with van der Waals surface area (Å²) in [4.78, 5) is 2.26. The minimum absolute atomic E-state index is 0.370. The summed E-state index contributed by atoms with van der Waals surface area (Å²) in [6, 6.07) is 13.9. The van der Waals surface area contributed by atoms with Crippen LogP contribution in [0.25, 0.3) is 11.6 Å². The van der Waals surface area contributed by atoms with Crippen LogP contribution in [0, 0.1) is 11.3 Å². The van der Waals surface area contributed by atoms with Gasteiger partial charge in [-0.2, -0.15) is 18.4 Å². The highest BCUT2D eigenvalue weighted by Gasteiger charge is 2.29. The summed E-state index contributed by atoms with van der Waals surface area (Å²) in [5, 5.41) is 9.42. The van der Waals surface area contributed by atoms with Gasteiger partial charge >= 0.3 is 6.18 Å². The number of benzene rings is 2. The molecule has 0 saturated carbocycles. The van der Waals surface area contributed by atoms with Crippen molar-refractivity contribution in [2.75, 3.05) is 26.2 Å². The van der Waals surface area contributed by atoms with Crippen LogP contribution < -0.4 is 4.74 Å². The normalized spacial score (nSPS) is 12.1. The number of hydrogen-bond donors (Lipinski definition) is 0. The van der Waals surface area contributed by atoms with Crippen LogP contribution in [-0.4, -0.2) is 31.1 Å². The fourth-order valence-corrected chi connectivity index (χ4v) is 2.68. The highest BCUT2D eigenvalue weighted by molar-refractivity contribution is 5.89. The van der Waals surface area contributed by atoms with E-state index in [2.05, 4.69) is 24.8 Å². The summed E-state index contributed by atoms with van der Waals surface area (Å²) in [6.45, 7) is 7.56. The number of hydrogen-bond acceptors (Lipinski definition) is 3. The van der Waals surface area contributed by atoms with Crippen LogP contribution in [0.2, 0.25) is 0 Å². The van der Waals surface area contributed by atoms with Crippen LogP contribution in [0.3, 0.4) is 0 Å². The summed E-state index contributed by atoms with van der Waals surface area (Å²) < 4.78 is 43.6. The van der Waals surface area contributed by atoms with Crippen LogP contribution in [0.4, 0.5) is 13.2 Å². The highest BCUT2D eigenvalue weighted by atomic mass is 19.4. The minimum Gasteiger partial charge on any atom is -0.492 e. The van der Waals surface area contributed by atoms with Gasteiger partial charge in [-0.3, -0.25) is 0 Å². The molecule has 2 aromatic carbocycles. The van der Waals surface area contributed by atoms with Gasteiger partial charge in [-0.25, -0.2) is 0 Å². The number of ether oxygens (including phenoxy) is 1. The fraction of sp³-hybridized carbons (Fsp3) is 0.318. The SMILES string of the molecule is CCN(CC)CCOc1ccc(/C(C#N)=C\c2ccc(C(F)(F)F)cc2)cc1. The monoisotopic (exact) mass is 388 g/mol. The summed E-state index contributed by atoms with van der Waals surface area (Å²) in [7, 11) is 0. The molecule has 0 unspecified atom stereocenters. The van der Waals surface area contributed by atoms with E-state index in [1.807, 2.05) is 0 Å². The van der Waals surface area contributed by atoms with Crippen molar-refractivity contribution in [2.24, 2.45) is 0 Å². The number of nitrogens with zero attached hydrogens (tertiary/aromatic N) is 2. The lowest BCUT2D eigenvalue weighted by molar-refractivity contribution is -0.137. The van der Waals surface area contributed by atoms with E-state index in [0.717, 1.165) is 31.8 Å². The van der Waals surface area contributed by atoms with Crippen LogP contribution in [-0.2, 0) is 6.18 Å². The average Bonchev–Trinajstić information content (AvgIpc) is 2.70. The molecule has 0 spiro atoms. The molecule has 2 rings (SSSR count). The van der Waals surface area contributed by atoms with Crippen LogP contribution in [0.1, 0.15) is 30.5 Å². The summed E-state index contributed by atoms with van der Waals surface area (Å²) in [5.41, 5.74) is 0.867. The van der Waals surface area contributed by atoms with Crippen molar-refractivity contribution in [3.8, 4) is 11.8 Å². The predicted molar refractivity (Wildman–Crippen MR) is 105 cm³/mol. The first kappa shape index (κ1) is 21.5. The fourth-order valence-electron chi connectivity index (χ4n) is 2.68. The summed E-state index contributed by atoms with van der Waals surface area (Å²) in [6.07, 6.45) is -2.81. The Bertz CT molecular complexity index is 815. The second-order valence-electron chi connectivity index (χ2n) is 6.19. The number of rotatable bonds is 8. The largest absolute Gasteiger partial charge is 0.492 e. The minimum atomic E-state index is -4.37. The topological polar surface area (TPSA) is 36.3 Å². The van der Waals surface area contributed by atoms with Crippen molar-refractivity contribution in [2.45, 2.75) is 20.0 Å². The molecule has 0 fully saturated rings. The molecule has 0 saturated heterocycles. The van der Waals surface area contributed by atoms with Gasteiger partial charge in [0.05, 0.1) is 17.2 Å². The van der Waals surface area contributed by atoms with E-state index in [9.17, 15) is 18.4 Å². The number of likely N-dealkylation sites (N-methyl/N-ethyl adjacent to an activating group) is 1. The Morgan fingerprint density at radius 3 is 2.14 bits per heavy atom. The van der Waals surface area contributed by atoms with Gasteiger partial charge in [0.15, 0.2) is 0 Å². The lowest BCUT2D eigenvalue weighted by Crippen LogP contribution is -2.27. The number of alkyl halides is 3. The molecule has 0 atom stereocenters. The van der Waals surface area contributed by atoms with Gasteiger partial charge < -0.3 is 9.64 Å². The molecule has 0 aromatic heterocycles. The smallest absolute Gasteiger partial charge is 0.416 e. The highest BCUT2D eigenvalue weighted by Crippen LogP contribution is 2.29. The quantitative estimate of drug-likeness (QED) is 0.443. The molecule has 28 heavy (non-hydrogen) atoms. The molecular formula is C22H23F3N2O. The lowest BCUT2D eigenvalue weighted by atomic mass is 10.0. The zero-order valence-corrected chi connectivity index (χ0v) is 16.0. The molecule has 0 heterocycles. The van der Waals surface area contributed by atoms with Gasteiger partial charge in [-0.05, 0) is 66.7 Å². The van der Waals surface area contributed by atoms with Crippen molar-refractivity contribution in [1.29, 1.82) is 5.26 Å². The number of halogens is 3. The second kappa shape index (κ2) is 9.95. The van der Waals surface area contributed by atoms with Gasteiger partial charge in [-0.15, -0.1) is 0 Å². The van der Waals surface area contributed by atoms with Crippen molar-refractivity contribution < 1.29 is 17.9 Å². The maximum atomic E-state index is 12.6. The number of nitriles is 1. The van der Waals surface area contributed by atoms with Crippen LogP contribution in [0.5, 0.6) is 5.75 Å². The Balaban J connectivity index is 2.06. The third kappa shape index (κ3) is 6.14. The molecule has 0 aliphatic carbocycles. The first-order valence-corrected chi connectivity index (χ1v) is 9.12. The molecule has 0 aliphatic rings. The zero-order chi connectivity index (χ0) is 20.6. The lowest BCUT2D eigenvalue weighted by Gasteiger charge is -2.18. The Hall–Kier alpha value is -2.78. The first-order chi connectivity index (χ1) is 13.4. The van der Waals surface area contributed by atoms with Crippen molar-refractivity contribution in [1.82, 2.24) is 4.90 Å². The Morgan fingerprint density at radius 2 is 1.64 bits per heavy atom. The Morgan fingerprint density at radius 1 is 1.04 bits per heavy atom. The molecule has 0 radical (unpaired) electrons. The Labute approximate surface area is 163 Å². The van der Waals surface area contributed by atoms with E-state index in [4.69, 9.17) is 4.74 Å². The third-order valence-electron chi connectivity index (χ3n) is 4.41. The summed E-state index contributed by atoms with van der Waals surface area (Å²) in [5.74, 6) is 0.711. The molecule has 0 amide bonds. The molecular weight excluding hydrogens is 365 g/mol. The van der Waals surface area contributed by atoms with Crippen molar-refractivity contribution in [3.63, 3.8) is 0 Å². The predicted octanol–water partition coefficient (Wildman–Crippen LogP) is 5.49. The van der Waals surface area contributed by atoms with Crippen LogP contribution >= 0.6 is 0 Å². The molecule has 0 N–H and O–H groups in total. The van der Waals surface area contributed by atoms with Crippen molar-refractivity contribution >= 4 is 11.6 Å².